The number of aliphatic carboxylic acids is 1. The second-order valence-corrected chi connectivity index (χ2v) is 5.87. The Bertz CT molecular complexity index is 718. The molecule has 23 heavy (non-hydrogen) atoms. The molecule has 0 aromatic carbocycles. The number of rotatable bonds is 3. The Morgan fingerprint density at radius 3 is 2.83 bits per heavy atom. The summed E-state index contributed by atoms with van der Waals surface area (Å²) in [6, 6.07) is 3.23. The number of pyridine rings is 1. The number of aromatic nitrogens is 3. The number of carbonyl (C=O) groups is 1. The first-order valence-electron chi connectivity index (χ1n) is 7.83. The molecule has 2 aromatic rings. The van der Waals surface area contributed by atoms with Gasteiger partial charge in [-0.15, -0.1) is 0 Å². The van der Waals surface area contributed by atoms with Crippen molar-refractivity contribution < 1.29 is 9.90 Å². The number of nitrogens with zero attached hydrogens (tertiary/aromatic N) is 4. The highest BCUT2D eigenvalue weighted by Gasteiger charge is 2.31. The van der Waals surface area contributed by atoms with Gasteiger partial charge in [0.05, 0.1) is 0 Å². The van der Waals surface area contributed by atoms with Crippen LogP contribution in [0.1, 0.15) is 30.5 Å². The third-order valence-corrected chi connectivity index (χ3v) is 4.34. The number of hydrogen-bond acceptors (Lipinski definition) is 5. The molecular formula is C17H20N4O2. The van der Waals surface area contributed by atoms with Crippen LogP contribution in [0.15, 0.2) is 24.5 Å². The van der Waals surface area contributed by atoms with Crippen molar-refractivity contribution in [2.24, 2.45) is 0 Å². The molecule has 1 aliphatic heterocycles. The summed E-state index contributed by atoms with van der Waals surface area (Å²) >= 11 is 0. The number of anilines is 1. The summed E-state index contributed by atoms with van der Waals surface area (Å²) in [5.41, 5.74) is 2.63. The quantitative estimate of drug-likeness (QED) is 0.938. The van der Waals surface area contributed by atoms with E-state index < -0.39 is 12.0 Å². The summed E-state index contributed by atoms with van der Waals surface area (Å²) in [7, 11) is 0. The fourth-order valence-electron chi connectivity index (χ4n) is 2.96. The van der Waals surface area contributed by atoms with E-state index in [9.17, 15) is 9.90 Å². The molecule has 3 heterocycles. The molecular weight excluding hydrogens is 292 g/mol. The minimum atomic E-state index is -0.789. The molecule has 6 nitrogen and oxygen atoms in total. The lowest BCUT2D eigenvalue weighted by Crippen LogP contribution is -2.45. The van der Waals surface area contributed by atoms with Gasteiger partial charge in [0.15, 0.2) is 5.82 Å². The van der Waals surface area contributed by atoms with Crippen LogP contribution >= 0.6 is 0 Å². The predicted molar refractivity (Wildman–Crippen MR) is 87.4 cm³/mol. The Hall–Kier alpha value is -2.50. The molecule has 0 aliphatic carbocycles. The standard InChI is InChI=1S/C17H20N4O2/c1-11-12(2)19-15(13-6-5-8-18-10-13)20-16(11)21-9-4-3-7-14(21)17(22)23/h5-6,8,10,14H,3-4,7,9H2,1-2H3,(H,22,23). The molecule has 1 atom stereocenters. The maximum atomic E-state index is 11.6. The van der Waals surface area contributed by atoms with Crippen molar-refractivity contribution in [1.29, 1.82) is 0 Å². The molecule has 2 aromatic heterocycles. The van der Waals surface area contributed by atoms with Crippen LogP contribution in [-0.4, -0.2) is 38.6 Å². The topological polar surface area (TPSA) is 79.2 Å². The summed E-state index contributed by atoms with van der Waals surface area (Å²) in [6.07, 6.45) is 6.00. The highest BCUT2D eigenvalue weighted by atomic mass is 16.4. The van der Waals surface area contributed by atoms with Crippen LogP contribution in [0.4, 0.5) is 5.82 Å². The number of piperidine rings is 1. The highest BCUT2D eigenvalue weighted by molar-refractivity contribution is 5.78. The molecule has 0 spiro atoms. The maximum Gasteiger partial charge on any atom is 0.326 e. The zero-order valence-corrected chi connectivity index (χ0v) is 13.4. The summed E-state index contributed by atoms with van der Waals surface area (Å²) in [6.45, 7) is 4.59. The predicted octanol–water partition coefficient (Wildman–Crippen LogP) is 2.60. The van der Waals surface area contributed by atoms with Gasteiger partial charge in [0.1, 0.15) is 11.9 Å². The van der Waals surface area contributed by atoms with Crippen LogP contribution in [-0.2, 0) is 4.79 Å². The SMILES string of the molecule is Cc1nc(-c2cccnc2)nc(N2CCCCC2C(=O)O)c1C. The lowest BCUT2D eigenvalue weighted by molar-refractivity contribution is -0.139. The minimum absolute atomic E-state index is 0.515. The number of aryl methyl sites for hydroxylation is 1. The van der Waals surface area contributed by atoms with E-state index in [0.717, 1.165) is 35.5 Å². The Labute approximate surface area is 135 Å². The van der Waals surface area contributed by atoms with Crippen LogP contribution in [0.5, 0.6) is 0 Å². The average molecular weight is 312 g/mol. The first-order chi connectivity index (χ1) is 11.1. The van der Waals surface area contributed by atoms with E-state index in [2.05, 4.69) is 15.0 Å². The van der Waals surface area contributed by atoms with Gasteiger partial charge in [-0.1, -0.05) is 0 Å². The van der Waals surface area contributed by atoms with E-state index in [1.165, 1.54) is 0 Å². The molecule has 1 fully saturated rings. The van der Waals surface area contributed by atoms with Gasteiger partial charge < -0.3 is 10.0 Å². The Morgan fingerprint density at radius 2 is 2.13 bits per heavy atom. The summed E-state index contributed by atoms with van der Waals surface area (Å²) < 4.78 is 0. The van der Waals surface area contributed by atoms with Crippen molar-refractivity contribution in [2.45, 2.75) is 39.2 Å². The van der Waals surface area contributed by atoms with E-state index in [0.29, 0.717) is 18.8 Å². The van der Waals surface area contributed by atoms with Gasteiger partial charge in [-0.05, 0) is 45.2 Å². The Morgan fingerprint density at radius 1 is 1.30 bits per heavy atom. The lowest BCUT2D eigenvalue weighted by atomic mass is 10.0. The van der Waals surface area contributed by atoms with Gasteiger partial charge in [0, 0.05) is 35.8 Å². The third kappa shape index (κ3) is 3.02. The smallest absolute Gasteiger partial charge is 0.326 e. The second kappa shape index (κ2) is 6.32. The normalized spacial score (nSPS) is 18.0. The number of hydrogen-bond donors (Lipinski definition) is 1. The van der Waals surface area contributed by atoms with Gasteiger partial charge >= 0.3 is 5.97 Å². The van der Waals surface area contributed by atoms with Crippen LogP contribution in [0.25, 0.3) is 11.4 Å². The zero-order chi connectivity index (χ0) is 16.4. The van der Waals surface area contributed by atoms with Crippen molar-refractivity contribution in [3.63, 3.8) is 0 Å². The van der Waals surface area contributed by atoms with E-state index in [1.54, 1.807) is 12.4 Å². The minimum Gasteiger partial charge on any atom is -0.480 e. The molecule has 0 saturated carbocycles. The molecule has 3 rings (SSSR count). The summed E-state index contributed by atoms with van der Waals surface area (Å²) in [5, 5.41) is 9.52. The first-order valence-corrected chi connectivity index (χ1v) is 7.83. The van der Waals surface area contributed by atoms with E-state index in [1.807, 2.05) is 30.9 Å². The van der Waals surface area contributed by atoms with E-state index >= 15 is 0 Å². The Kier molecular flexibility index (Phi) is 4.23. The first kappa shape index (κ1) is 15.4. The number of carboxylic acids is 1. The number of carboxylic acid groups (broad SMARTS) is 1. The van der Waals surface area contributed by atoms with Gasteiger partial charge in [-0.3, -0.25) is 4.98 Å². The van der Waals surface area contributed by atoms with E-state index in [-0.39, 0.29) is 0 Å². The van der Waals surface area contributed by atoms with Gasteiger partial charge in [0.2, 0.25) is 0 Å². The maximum absolute atomic E-state index is 11.6. The van der Waals surface area contributed by atoms with Crippen LogP contribution in [0, 0.1) is 13.8 Å². The molecule has 1 N–H and O–H groups in total. The molecule has 1 saturated heterocycles. The van der Waals surface area contributed by atoms with Crippen molar-refractivity contribution in [1.82, 2.24) is 15.0 Å². The molecule has 0 amide bonds. The van der Waals surface area contributed by atoms with Crippen LogP contribution in [0.3, 0.4) is 0 Å². The van der Waals surface area contributed by atoms with Gasteiger partial charge in [-0.25, -0.2) is 14.8 Å². The summed E-state index contributed by atoms with van der Waals surface area (Å²) in [4.78, 5) is 26.8. The molecule has 120 valence electrons. The molecule has 1 aliphatic rings. The lowest BCUT2D eigenvalue weighted by Gasteiger charge is -2.35. The fraction of sp³-hybridized carbons (Fsp3) is 0.412. The fourth-order valence-corrected chi connectivity index (χ4v) is 2.96. The average Bonchev–Trinajstić information content (AvgIpc) is 2.58. The van der Waals surface area contributed by atoms with Gasteiger partial charge in [0.25, 0.3) is 0 Å². The Balaban J connectivity index is 2.07. The van der Waals surface area contributed by atoms with E-state index in [4.69, 9.17) is 0 Å². The molecule has 0 radical (unpaired) electrons. The van der Waals surface area contributed by atoms with Crippen molar-refractivity contribution in [2.75, 3.05) is 11.4 Å². The zero-order valence-electron chi connectivity index (χ0n) is 13.4. The van der Waals surface area contributed by atoms with Crippen LogP contribution < -0.4 is 4.90 Å². The third-order valence-electron chi connectivity index (χ3n) is 4.34. The van der Waals surface area contributed by atoms with Gasteiger partial charge in [-0.2, -0.15) is 0 Å². The molecule has 1 unspecified atom stereocenters. The highest BCUT2D eigenvalue weighted by Crippen LogP contribution is 2.29. The second-order valence-electron chi connectivity index (χ2n) is 5.87. The molecule has 0 bridgehead atoms. The van der Waals surface area contributed by atoms with Crippen molar-refractivity contribution in [3.8, 4) is 11.4 Å². The van der Waals surface area contributed by atoms with Crippen molar-refractivity contribution in [3.05, 3.63) is 35.8 Å². The summed E-state index contributed by atoms with van der Waals surface area (Å²) in [5.74, 6) is 0.526. The molecule has 6 heteroatoms. The largest absolute Gasteiger partial charge is 0.480 e. The van der Waals surface area contributed by atoms with Crippen LogP contribution in [0.2, 0.25) is 0 Å². The monoisotopic (exact) mass is 312 g/mol. The van der Waals surface area contributed by atoms with Crippen molar-refractivity contribution >= 4 is 11.8 Å².